The first-order valence-corrected chi connectivity index (χ1v) is 5.05. The number of rotatable bonds is 5. The third-order valence-electron chi connectivity index (χ3n) is 2.81. The molecular weight excluding hydrogens is 166 g/mol. The van der Waals surface area contributed by atoms with E-state index in [2.05, 4.69) is 12.2 Å². The van der Waals surface area contributed by atoms with Crippen molar-refractivity contribution in [2.24, 2.45) is 0 Å². The molecule has 1 saturated carbocycles. The molecule has 0 heterocycles. The maximum atomic E-state index is 5.30. The van der Waals surface area contributed by atoms with E-state index in [1.165, 1.54) is 12.8 Å². The average molecular weight is 187 g/mol. The molecule has 3 unspecified atom stereocenters. The summed E-state index contributed by atoms with van der Waals surface area (Å²) >= 11 is 0. The summed E-state index contributed by atoms with van der Waals surface area (Å²) in [6.45, 7) is 3.02. The molecule has 0 spiro atoms. The highest BCUT2D eigenvalue weighted by molar-refractivity contribution is 4.81. The Hall–Kier alpha value is -0.120. The molecule has 0 amide bonds. The summed E-state index contributed by atoms with van der Waals surface area (Å²) in [5.41, 5.74) is 0. The molecule has 1 fully saturated rings. The summed E-state index contributed by atoms with van der Waals surface area (Å²) < 4.78 is 10.5. The lowest BCUT2D eigenvalue weighted by Gasteiger charge is -2.16. The van der Waals surface area contributed by atoms with E-state index in [1.54, 1.807) is 14.2 Å². The van der Waals surface area contributed by atoms with Crippen molar-refractivity contribution in [2.45, 2.75) is 44.4 Å². The zero-order valence-corrected chi connectivity index (χ0v) is 8.88. The first kappa shape index (κ1) is 11.0. The molecule has 1 aliphatic rings. The van der Waals surface area contributed by atoms with E-state index < -0.39 is 0 Å². The zero-order valence-electron chi connectivity index (χ0n) is 8.88. The largest absolute Gasteiger partial charge is 0.381 e. The van der Waals surface area contributed by atoms with Crippen molar-refractivity contribution in [3.8, 4) is 0 Å². The molecule has 3 atom stereocenters. The van der Waals surface area contributed by atoms with Crippen molar-refractivity contribution in [1.82, 2.24) is 5.32 Å². The van der Waals surface area contributed by atoms with Gasteiger partial charge in [-0.2, -0.15) is 0 Å². The summed E-state index contributed by atoms with van der Waals surface area (Å²) in [7, 11) is 3.55. The van der Waals surface area contributed by atoms with Gasteiger partial charge in [-0.05, 0) is 26.2 Å². The standard InChI is InChI=1S/C10H21NO2/c1-8(12-2)7-11-9-4-5-10(6-9)13-3/h8-11H,4-7H2,1-3H3. The number of methoxy groups -OCH3 is 2. The molecule has 0 aromatic carbocycles. The minimum absolute atomic E-state index is 0.307. The van der Waals surface area contributed by atoms with Crippen molar-refractivity contribution >= 4 is 0 Å². The Kier molecular flexibility index (Phi) is 4.70. The van der Waals surface area contributed by atoms with Gasteiger partial charge in [-0.25, -0.2) is 0 Å². The lowest BCUT2D eigenvalue weighted by Crippen LogP contribution is -2.34. The number of hydrogen-bond donors (Lipinski definition) is 1. The number of nitrogens with one attached hydrogen (secondary N) is 1. The Morgan fingerprint density at radius 2 is 2.15 bits per heavy atom. The van der Waals surface area contributed by atoms with Crippen molar-refractivity contribution in [3.63, 3.8) is 0 Å². The third kappa shape index (κ3) is 3.63. The highest BCUT2D eigenvalue weighted by Gasteiger charge is 2.23. The predicted molar refractivity (Wildman–Crippen MR) is 52.9 cm³/mol. The van der Waals surface area contributed by atoms with E-state index in [0.717, 1.165) is 13.0 Å². The Bertz CT molecular complexity index is 141. The Morgan fingerprint density at radius 1 is 1.38 bits per heavy atom. The van der Waals surface area contributed by atoms with Gasteiger partial charge in [0.25, 0.3) is 0 Å². The molecule has 13 heavy (non-hydrogen) atoms. The topological polar surface area (TPSA) is 30.5 Å². The van der Waals surface area contributed by atoms with Gasteiger partial charge < -0.3 is 14.8 Å². The third-order valence-corrected chi connectivity index (χ3v) is 2.81. The van der Waals surface area contributed by atoms with Crippen LogP contribution in [0.25, 0.3) is 0 Å². The van der Waals surface area contributed by atoms with Gasteiger partial charge in [-0.1, -0.05) is 0 Å². The number of ether oxygens (including phenoxy) is 2. The molecule has 0 saturated heterocycles. The van der Waals surface area contributed by atoms with E-state index in [0.29, 0.717) is 18.2 Å². The maximum Gasteiger partial charge on any atom is 0.0667 e. The van der Waals surface area contributed by atoms with Crippen LogP contribution in [-0.2, 0) is 9.47 Å². The monoisotopic (exact) mass is 187 g/mol. The van der Waals surface area contributed by atoms with Crippen LogP contribution in [0.4, 0.5) is 0 Å². The quantitative estimate of drug-likeness (QED) is 0.701. The SMILES string of the molecule is COC(C)CNC1CCC(OC)C1. The first-order valence-electron chi connectivity index (χ1n) is 5.05. The Labute approximate surface area is 80.8 Å². The van der Waals surface area contributed by atoms with Crippen molar-refractivity contribution in [2.75, 3.05) is 20.8 Å². The van der Waals surface area contributed by atoms with Crippen LogP contribution in [0.3, 0.4) is 0 Å². The molecule has 0 radical (unpaired) electrons. The lowest BCUT2D eigenvalue weighted by molar-refractivity contribution is 0.101. The van der Waals surface area contributed by atoms with E-state index in [4.69, 9.17) is 9.47 Å². The molecule has 78 valence electrons. The number of hydrogen-bond acceptors (Lipinski definition) is 3. The van der Waals surface area contributed by atoms with Crippen molar-refractivity contribution in [3.05, 3.63) is 0 Å². The van der Waals surface area contributed by atoms with Crippen LogP contribution in [0.15, 0.2) is 0 Å². The van der Waals surface area contributed by atoms with Crippen LogP contribution >= 0.6 is 0 Å². The average Bonchev–Trinajstić information content (AvgIpc) is 2.61. The van der Waals surface area contributed by atoms with Crippen molar-refractivity contribution in [1.29, 1.82) is 0 Å². The van der Waals surface area contributed by atoms with Crippen LogP contribution in [0.2, 0.25) is 0 Å². The molecule has 0 aromatic heterocycles. The van der Waals surface area contributed by atoms with Crippen LogP contribution in [0, 0.1) is 0 Å². The van der Waals surface area contributed by atoms with Gasteiger partial charge in [0, 0.05) is 26.8 Å². The van der Waals surface area contributed by atoms with Crippen LogP contribution in [-0.4, -0.2) is 39.0 Å². The molecule has 1 aliphatic carbocycles. The maximum absolute atomic E-state index is 5.30. The zero-order chi connectivity index (χ0) is 9.68. The highest BCUT2D eigenvalue weighted by atomic mass is 16.5. The molecule has 1 rings (SSSR count). The Morgan fingerprint density at radius 3 is 2.69 bits per heavy atom. The molecular formula is C10H21NO2. The predicted octanol–water partition coefficient (Wildman–Crippen LogP) is 1.18. The molecule has 1 N–H and O–H groups in total. The van der Waals surface area contributed by atoms with Gasteiger partial charge >= 0.3 is 0 Å². The first-order chi connectivity index (χ1) is 6.26. The minimum atomic E-state index is 0.307. The van der Waals surface area contributed by atoms with Gasteiger partial charge in [-0.3, -0.25) is 0 Å². The molecule has 0 bridgehead atoms. The second-order valence-electron chi connectivity index (χ2n) is 3.82. The van der Waals surface area contributed by atoms with Gasteiger partial charge in [0.2, 0.25) is 0 Å². The molecule has 0 aromatic rings. The van der Waals surface area contributed by atoms with Crippen LogP contribution < -0.4 is 5.32 Å². The second-order valence-corrected chi connectivity index (χ2v) is 3.82. The van der Waals surface area contributed by atoms with E-state index in [-0.39, 0.29) is 0 Å². The van der Waals surface area contributed by atoms with Crippen molar-refractivity contribution < 1.29 is 9.47 Å². The molecule has 3 heteroatoms. The van der Waals surface area contributed by atoms with Gasteiger partial charge in [0.05, 0.1) is 12.2 Å². The van der Waals surface area contributed by atoms with Gasteiger partial charge in [0.15, 0.2) is 0 Å². The van der Waals surface area contributed by atoms with Gasteiger partial charge in [-0.15, -0.1) is 0 Å². The fourth-order valence-electron chi connectivity index (χ4n) is 1.76. The molecule has 3 nitrogen and oxygen atoms in total. The summed E-state index contributed by atoms with van der Waals surface area (Å²) in [4.78, 5) is 0. The van der Waals surface area contributed by atoms with Gasteiger partial charge in [0.1, 0.15) is 0 Å². The van der Waals surface area contributed by atoms with E-state index in [9.17, 15) is 0 Å². The summed E-state index contributed by atoms with van der Waals surface area (Å²) in [6.07, 6.45) is 4.34. The van der Waals surface area contributed by atoms with E-state index >= 15 is 0 Å². The fraction of sp³-hybridized carbons (Fsp3) is 1.00. The molecule has 0 aliphatic heterocycles. The van der Waals surface area contributed by atoms with Crippen LogP contribution in [0.1, 0.15) is 26.2 Å². The Balaban J connectivity index is 2.10. The summed E-state index contributed by atoms with van der Waals surface area (Å²) in [6, 6.07) is 0.627. The fourth-order valence-corrected chi connectivity index (χ4v) is 1.76. The highest BCUT2D eigenvalue weighted by Crippen LogP contribution is 2.21. The van der Waals surface area contributed by atoms with Crippen LogP contribution in [0.5, 0.6) is 0 Å². The normalized spacial score (nSPS) is 30.7. The lowest BCUT2D eigenvalue weighted by atomic mass is 10.2. The van der Waals surface area contributed by atoms with E-state index in [1.807, 2.05) is 0 Å². The summed E-state index contributed by atoms with van der Waals surface area (Å²) in [5.74, 6) is 0. The second kappa shape index (κ2) is 5.58. The summed E-state index contributed by atoms with van der Waals surface area (Å²) in [5, 5.41) is 3.49. The smallest absolute Gasteiger partial charge is 0.0667 e. The minimum Gasteiger partial charge on any atom is -0.381 e.